The van der Waals surface area contributed by atoms with E-state index in [0.29, 0.717) is 5.82 Å². The third-order valence-corrected chi connectivity index (χ3v) is 10.5. The van der Waals surface area contributed by atoms with Crippen LogP contribution in [0.1, 0.15) is 5.56 Å². The molecule has 9 aromatic rings. The lowest BCUT2D eigenvalue weighted by atomic mass is 9.94. The quantitative estimate of drug-likeness (QED) is 0.178. The normalized spacial score (nSPS) is 12.4. The Morgan fingerprint density at radius 3 is 1.91 bits per heavy atom. The van der Waals surface area contributed by atoms with Gasteiger partial charge in [0.25, 0.3) is 0 Å². The lowest BCUT2D eigenvalue weighted by molar-refractivity contribution is 0.996. The molecule has 4 heteroatoms. The Kier molecular flexibility index (Phi) is 8.54. The molecule has 1 N–H and O–H groups in total. The number of allylic oxidation sites excluding steroid dienone is 2. The fourth-order valence-corrected chi connectivity index (χ4v) is 7.61. The summed E-state index contributed by atoms with van der Waals surface area (Å²) in [6.45, 7) is 0.805. The number of hydrogen-bond acceptors (Lipinski definition) is 4. The van der Waals surface area contributed by atoms with Crippen LogP contribution in [0.5, 0.6) is 0 Å². The summed E-state index contributed by atoms with van der Waals surface area (Å²) in [4.78, 5) is 15.3. The summed E-state index contributed by atoms with van der Waals surface area (Å²) < 4.78 is 0. The van der Waals surface area contributed by atoms with Crippen molar-refractivity contribution in [3.63, 3.8) is 0 Å². The molecule has 1 aliphatic heterocycles. The Balaban J connectivity index is 1.16. The lowest BCUT2D eigenvalue weighted by Gasteiger charge is -2.16. The van der Waals surface area contributed by atoms with Crippen LogP contribution in [0.3, 0.4) is 0 Å². The Morgan fingerprint density at radius 2 is 1.09 bits per heavy atom. The molecule has 0 saturated heterocycles. The van der Waals surface area contributed by atoms with E-state index in [1.165, 1.54) is 10.8 Å². The summed E-state index contributed by atoms with van der Waals surface area (Å²) in [6.07, 6.45) is 8.18. The number of dihydropyridines is 1. The highest BCUT2D eigenvalue weighted by Gasteiger charge is 2.17. The van der Waals surface area contributed by atoms with Gasteiger partial charge in [-0.1, -0.05) is 133 Å². The number of fused-ring (bicyclic) bond motifs is 2. The lowest BCUT2D eigenvalue weighted by Crippen LogP contribution is -2.14. The molecule has 264 valence electrons. The molecule has 10 rings (SSSR count). The predicted octanol–water partition coefficient (Wildman–Crippen LogP) is 12.7. The van der Waals surface area contributed by atoms with E-state index in [1.54, 1.807) is 0 Å². The highest BCUT2D eigenvalue weighted by atomic mass is 14.9. The monoisotopic (exact) mass is 716 g/mol. The molecule has 56 heavy (non-hydrogen) atoms. The van der Waals surface area contributed by atoms with Gasteiger partial charge in [-0.25, -0.2) is 9.97 Å². The first-order valence-corrected chi connectivity index (χ1v) is 19.0. The second-order valence-electron chi connectivity index (χ2n) is 14.1. The van der Waals surface area contributed by atoms with E-state index < -0.39 is 0 Å². The van der Waals surface area contributed by atoms with Gasteiger partial charge in [-0.3, -0.25) is 4.98 Å². The Hall–Kier alpha value is -7.43. The summed E-state index contributed by atoms with van der Waals surface area (Å²) in [5.41, 5.74) is 14.8. The second-order valence-corrected chi connectivity index (χ2v) is 14.1. The number of aromatic nitrogens is 3. The van der Waals surface area contributed by atoms with Gasteiger partial charge >= 0.3 is 0 Å². The van der Waals surface area contributed by atoms with Crippen LogP contribution in [-0.2, 0) is 0 Å². The molecule has 7 aromatic carbocycles. The van der Waals surface area contributed by atoms with Crippen LogP contribution < -0.4 is 5.32 Å². The smallest absolute Gasteiger partial charge is 0.160 e. The maximum absolute atomic E-state index is 5.42. The van der Waals surface area contributed by atoms with E-state index in [9.17, 15) is 0 Å². The molecule has 0 saturated carbocycles. The molecule has 0 unspecified atom stereocenters. The summed E-state index contributed by atoms with van der Waals surface area (Å²) in [6, 6.07) is 62.3. The van der Waals surface area contributed by atoms with Crippen molar-refractivity contribution >= 4 is 27.4 Å². The minimum atomic E-state index is 0.679. The fraction of sp³-hybridized carbons (Fsp3) is 0.0192. The molecule has 2 aromatic heterocycles. The van der Waals surface area contributed by atoms with Gasteiger partial charge in [0.05, 0.1) is 16.9 Å². The Bertz CT molecular complexity index is 2950. The van der Waals surface area contributed by atoms with Crippen molar-refractivity contribution in [3.05, 3.63) is 206 Å². The van der Waals surface area contributed by atoms with Gasteiger partial charge < -0.3 is 5.32 Å². The van der Waals surface area contributed by atoms with Gasteiger partial charge in [0.1, 0.15) is 0 Å². The van der Waals surface area contributed by atoms with E-state index in [0.717, 1.165) is 90.2 Å². The summed E-state index contributed by atoms with van der Waals surface area (Å²) in [7, 11) is 0. The zero-order valence-electron chi connectivity index (χ0n) is 30.6. The molecular weight excluding hydrogens is 681 g/mol. The van der Waals surface area contributed by atoms with Crippen molar-refractivity contribution in [2.24, 2.45) is 0 Å². The van der Waals surface area contributed by atoms with Gasteiger partial charge in [0.2, 0.25) is 0 Å². The number of hydrogen-bond donors (Lipinski definition) is 1. The van der Waals surface area contributed by atoms with Gasteiger partial charge in [0, 0.05) is 40.5 Å². The van der Waals surface area contributed by atoms with E-state index in [1.807, 2.05) is 24.4 Å². The molecule has 0 spiro atoms. The van der Waals surface area contributed by atoms with Crippen molar-refractivity contribution < 1.29 is 0 Å². The average molecular weight is 717 g/mol. The highest BCUT2D eigenvalue weighted by molar-refractivity contribution is 5.97. The van der Waals surface area contributed by atoms with E-state index >= 15 is 0 Å². The van der Waals surface area contributed by atoms with Crippen LogP contribution >= 0.6 is 0 Å². The molecule has 0 atom stereocenters. The number of pyridine rings is 1. The number of nitrogens with one attached hydrogen (secondary N) is 1. The predicted molar refractivity (Wildman–Crippen MR) is 233 cm³/mol. The fourth-order valence-electron chi connectivity index (χ4n) is 7.61. The van der Waals surface area contributed by atoms with Crippen molar-refractivity contribution in [2.45, 2.75) is 0 Å². The molecule has 0 fully saturated rings. The molecule has 4 nitrogen and oxygen atoms in total. The molecular formula is C52H36N4. The molecule has 0 amide bonds. The van der Waals surface area contributed by atoms with Gasteiger partial charge in [0.15, 0.2) is 5.82 Å². The average Bonchev–Trinajstić information content (AvgIpc) is 3.29. The van der Waals surface area contributed by atoms with Crippen LogP contribution in [0.25, 0.3) is 94.7 Å². The molecule has 0 bridgehead atoms. The minimum absolute atomic E-state index is 0.679. The number of benzene rings is 7. The number of rotatable bonds is 7. The van der Waals surface area contributed by atoms with Crippen molar-refractivity contribution in [1.82, 2.24) is 20.3 Å². The van der Waals surface area contributed by atoms with E-state index in [4.69, 9.17) is 9.97 Å². The minimum Gasteiger partial charge on any atom is -0.381 e. The van der Waals surface area contributed by atoms with Crippen LogP contribution in [-0.4, -0.2) is 21.5 Å². The second kappa shape index (κ2) is 14.4. The SMILES string of the molecule is C1=CCNC(c2cccc(-c3nc(-c4cc(-c5ccccc5)cc(-c5ccc6ccccc6c5)c4)nc4cc(-c5ccc(-c6ccccn6)cc5)ccc34)c2)=C1. The topological polar surface area (TPSA) is 50.7 Å². The Labute approximate surface area is 326 Å². The summed E-state index contributed by atoms with van der Waals surface area (Å²) >= 11 is 0. The standard InChI is InChI=1S/C52H36N4/c1-2-11-35(12-3-1)44-31-45(40-24-21-36-13-4-5-14-39(36)29-40)33-46(32-44)52-55-50-34-41(37-19-22-38(23-20-37)48-17-6-8-27-53-48)25-26-47(50)51(56-52)43-16-10-15-42(30-43)49-18-7-9-28-54-49/h1-27,29-34,54H,28H2. The van der Waals surface area contributed by atoms with E-state index in [-0.39, 0.29) is 0 Å². The first-order valence-electron chi connectivity index (χ1n) is 19.0. The third kappa shape index (κ3) is 6.54. The van der Waals surface area contributed by atoms with Gasteiger partial charge in [-0.2, -0.15) is 0 Å². The van der Waals surface area contributed by atoms with Crippen LogP contribution in [0.4, 0.5) is 0 Å². The molecule has 0 radical (unpaired) electrons. The van der Waals surface area contributed by atoms with Crippen LogP contribution in [0, 0.1) is 0 Å². The zero-order chi connectivity index (χ0) is 37.3. The van der Waals surface area contributed by atoms with Crippen molar-refractivity contribution in [3.8, 4) is 67.3 Å². The highest BCUT2D eigenvalue weighted by Crippen LogP contribution is 2.37. The van der Waals surface area contributed by atoms with Crippen LogP contribution in [0.15, 0.2) is 200 Å². The largest absolute Gasteiger partial charge is 0.381 e. The molecule has 0 aliphatic carbocycles. The zero-order valence-corrected chi connectivity index (χ0v) is 30.6. The van der Waals surface area contributed by atoms with Crippen LogP contribution in [0.2, 0.25) is 0 Å². The maximum atomic E-state index is 5.42. The molecule has 3 heterocycles. The summed E-state index contributed by atoms with van der Waals surface area (Å²) in [5, 5.41) is 6.95. The molecule has 1 aliphatic rings. The van der Waals surface area contributed by atoms with Gasteiger partial charge in [-0.15, -0.1) is 0 Å². The third-order valence-electron chi connectivity index (χ3n) is 10.5. The Morgan fingerprint density at radius 1 is 0.429 bits per heavy atom. The number of nitrogens with zero attached hydrogens (tertiary/aromatic N) is 3. The van der Waals surface area contributed by atoms with Crippen molar-refractivity contribution in [1.29, 1.82) is 0 Å². The van der Waals surface area contributed by atoms with Gasteiger partial charge in [-0.05, 0) is 110 Å². The maximum Gasteiger partial charge on any atom is 0.160 e. The first kappa shape index (κ1) is 33.2. The van der Waals surface area contributed by atoms with Crippen molar-refractivity contribution in [2.75, 3.05) is 6.54 Å². The first-order chi connectivity index (χ1) is 27.7. The summed E-state index contributed by atoms with van der Waals surface area (Å²) in [5.74, 6) is 0.679. The van der Waals surface area contributed by atoms with E-state index in [2.05, 4.69) is 186 Å².